The van der Waals surface area contributed by atoms with Gasteiger partial charge in [-0.05, 0) is 25.1 Å². The van der Waals surface area contributed by atoms with Crippen molar-refractivity contribution in [3.63, 3.8) is 0 Å². The fourth-order valence-electron chi connectivity index (χ4n) is 2.40. The van der Waals surface area contributed by atoms with Crippen LogP contribution >= 0.6 is 15.9 Å². The Kier molecular flexibility index (Phi) is 4.63. The minimum atomic E-state index is -0.292. The van der Waals surface area contributed by atoms with E-state index >= 15 is 0 Å². The molecule has 2 rings (SSSR count). The molecule has 0 unspecified atom stereocenters. The second-order valence-electron chi connectivity index (χ2n) is 4.87. The molecule has 1 heterocycles. The third-order valence-corrected chi connectivity index (χ3v) is 4.19. The summed E-state index contributed by atoms with van der Waals surface area (Å²) in [6.45, 7) is 4.94. The van der Waals surface area contributed by atoms with Crippen LogP contribution in [0.1, 0.15) is 12.5 Å². The molecule has 1 amide bonds. The van der Waals surface area contributed by atoms with Crippen molar-refractivity contribution in [1.82, 2.24) is 4.90 Å². The summed E-state index contributed by atoms with van der Waals surface area (Å²) in [5.41, 5.74) is 6.94. The van der Waals surface area contributed by atoms with Gasteiger partial charge in [0.1, 0.15) is 6.07 Å². The van der Waals surface area contributed by atoms with E-state index in [0.717, 1.165) is 36.3 Å². The first-order valence-corrected chi connectivity index (χ1v) is 7.30. The molecular formula is C14H17BrN4O. The topological polar surface area (TPSA) is 73.4 Å². The maximum atomic E-state index is 11.2. The number of hydrogen-bond acceptors (Lipinski definition) is 4. The van der Waals surface area contributed by atoms with Gasteiger partial charge in [-0.15, -0.1) is 0 Å². The molecule has 1 aliphatic rings. The second-order valence-corrected chi connectivity index (χ2v) is 5.79. The van der Waals surface area contributed by atoms with E-state index in [4.69, 9.17) is 5.73 Å². The van der Waals surface area contributed by atoms with E-state index in [1.54, 1.807) is 0 Å². The zero-order chi connectivity index (χ0) is 14.7. The first-order valence-electron chi connectivity index (χ1n) is 6.51. The first kappa shape index (κ1) is 14.8. The van der Waals surface area contributed by atoms with Crippen LogP contribution in [0.2, 0.25) is 0 Å². The smallest absolute Gasteiger partial charge is 0.234 e. The van der Waals surface area contributed by atoms with Crippen LogP contribution in [0.3, 0.4) is 0 Å². The van der Waals surface area contributed by atoms with Crippen LogP contribution in [0.5, 0.6) is 0 Å². The average molecular weight is 337 g/mol. The molecule has 0 radical (unpaired) electrons. The molecule has 0 saturated carbocycles. The second kappa shape index (κ2) is 6.25. The highest BCUT2D eigenvalue weighted by molar-refractivity contribution is 9.10. The van der Waals surface area contributed by atoms with Crippen molar-refractivity contribution >= 4 is 27.5 Å². The molecule has 2 N–H and O–H groups in total. The Labute approximate surface area is 127 Å². The first-order chi connectivity index (χ1) is 9.52. The van der Waals surface area contributed by atoms with Gasteiger partial charge in [-0.3, -0.25) is 9.69 Å². The zero-order valence-electron chi connectivity index (χ0n) is 11.3. The number of anilines is 1. The molecule has 1 aromatic rings. The quantitative estimate of drug-likeness (QED) is 0.903. The number of halogens is 1. The van der Waals surface area contributed by atoms with E-state index in [1.165, 1.54) is 0 Å². The van der Waals surface area contributed by atoms with Crippen molar-refractivity contribution in [2.75, 3.05) is 31.1 Å². The van der Waals surface area contributed by atoms with E-state index in [2.05, 4.69) is 31.8 Å². The number of benzene rings is 1. The number of nitrogens with two attached hydrogens (primary N) is 1. The lowest BCUT2D eigenvalue weighted by molar-refractivity contribution is -0.122. The molecule has 20 heavy (non-hydrogen) atoms. The van der Waals surface area contributed by atoms with Gasteiger partial charge in [0.15, 0.2) is 0 Å². The number of amides is 1. The molecule has 1 saturated heterocycles. The summed E-state index contributed by atoms with van der Waals surface area (Å²) >= 11 is 3.38. The van der Waals surface area contributed by atoms with Crippen molar-refractivity contribution in [2.45, 2.75) is 13.0 Å². The molecule has 106 valence electrons. The van der Waals surface area contributed by atoms with Crippen molar-refractivity contribution in [3.8, 4) is 6.07 Å². The number of primary amides is 1. The van der Waals surface area contributed by atoms with Crippen molar-refractivity contribution in [2.24, 2.45) is 5.73 Å². The number of nitriles is 1. The molecule has 5 nitrogen and oxygen atoms in total. The lowest BCUT2D eigenvalue weighted by atomic mass is 10.1. The molecule has 1 aliphatic heterocycles. The standard InChI is InChI=1S/C14H17BrN4O/c1-10(14(17)20)18-4-6-19(7-5-18)13-3-2-12(15)8-11(13)9-16/h2-3,8,10H,4-7H2,1H3,(H2,17,20)/t10-/m0/s1. The predicted octanol–water partition coefficient (Wildman–Crippen LogP) is 1.32. The van der Waals surface area contributed by atoms with Gasteiger partial charge in [0, 0.05) is 30.7 Å². The Balaban J connectivity index is 2.08. The maximum absolute atomic E-state index is 11.2. The Bertz CT molecular complexity index is 547. The third kappa shape index (κ3) is 3.11. The predicted molar refractivity (Wildman–Crippen MR) is 81.3 cm³/mol. The largest absolute Gasteiger partial charge is 0.368 e. The highest BCUT2D eigenvalue weighted by Crippen LogP contribution is 2.25. The number of nitrogens with zero attached hydrogens (tertiary/aromatic N) is 3. The highest BCUT2D eigenvalue weighted by Gasteiger charge is 2.25. The van der Waals surface area contributed by atoms with Crippen LogP contribution < -0.4 is 10.6 Å². The minimum Gasteiger partial charge on any atom is -0.368 e. The Morgan fingerprint density at radius 3 is 2.60 bits per heavy atom. The number of hydrogen-bond donors (Lipinski definition) is 1. The normalized spacial score (nSPS) is 17.6. The van der Waals surface area contributed by atoms with Crippen LogP contribution in [0.25, 0.3) is 0 Å². The summed E-state index contributed by atoms with van der Waals surface area (Å²) in [5.74, 6) is -0.292. The van der Waals surface area contributed by atoms with Gasteiger partial charge in [-0.1, -0.05) is 15.9 Å². The highest BCUT2D eigenvalue weighted by atomic mass is 79.9. The molecule has 1 fully saturated rings. The van der Waals surface area contributed by atoms with Crippen LogP contribution in [0.4, 0.5) is 5.69 Å². The van der Waals surface area contributed by atoms with Gasteiger partial charge in [0.2, 0.25) is 5.91 Å². The van der Waals surface area contributed by atoms with E-state index in [0.29, 0.717) is 5.56 Å². The molecule has 6 heteroatoms. The molecule has 1 aromatic carbocycles. The maximum Gasteiger partial charge on any atom is 0.234 e. The summed E-state index contributed by atoms with van der Waals surface area (Å²) < 4.78 is 0.902. The number of piperazine rings is 1. The summed E-state index contributed by atoms with van der Waals surface area (Å²) in [6, 6.07) is 7.71. The van der Waals surface area contributed by atoms with E-state index in [1.807, 2.05) is 25.1 Å². The molecule has 0 spiro atoms. The summed E-state index contributed by atoms with van der Waals surface area (Å²) in [7, 11) is 0. The summed E-state index contributed by atoms with van der Waals surface area (Å²) in [4.78, 5) is 15.5. The van der Waals surface area contributed by atoms with Crippen LogP contribution in [0.15, 0.2) is 22.7 Å². The summed E-state index contributed by atoms with van der Waals surface area (Å²) in [6.07, 6.45) is 0. The number of carbonyl (C=O) groups is 1. The SMILES string of the molecule is C[C@@H](C(N)=O)N1CCN(c2ccc(Br)cc2C#N)CC1. The van der Waals surface area contributed by atoms with Gasteiger partial charge in [-0.2, -0.15) is 5.26 Å². The van der Waals surface area contributed by atoms with Crippen molar-refractivity contribution in [1.29, 1.82) is 5.26 Å². The number of carbonyl (C=O) groups excluding carboxylic acids is 1. The van der Waals surface area contributed by atoms with Gasteiger partial charge >= 0.3 is 0 Å². The molecule has 1 atom stereocenters. The van der Waals surface area contributed by atoms with E-state index < -0.39 is 0 Å². The minimum absolute atomic E-state index is 0.238. The third-order valence-electron chi connectivity index (χ3n) is 3.69. The van der Waals surface area contributed by atoms with Crippen LogP contribution in [-0.2, 0) is 4.79 Å². The van der Waals surface area contributed by atoms with Crippen molar-refractivity contribution in [3.05, 3.63) is 28.2 Å². The Hall–Kier alpha value is -1.58. The van der Waals surface area contributed by atoms with Gasteiger partial charge in [0.25, 0.3) is 0 Å². The Morgan fingerprint density at radius 1 is 1.40 bits per heavy atom. The lowest BCUT2D eigenvalue weighted by Gasteiger charge is -2.38. The Morgan fingerprint density at radius 2 is 2.05 bits per heavy atom. The summed E-state index contributed by atoms with van der Waals surface area (Å²) in [5, 5.41) is 9.22. The van der Waals surface area contributed by atoms with Gasteiger partial charge in [0.05, 0.1) is 17.3 Å². The van der Waals surface area contributed by atoms with E-state index in [9.17, 15) is 10.1 Å². The van der Waals surface area contributed by atoms with Crippen LogP contribution in [0, 0.1) is 11.3 Å². The molecule has 0 aliphatic carbocycles. The zero-order valence-corrected chi connectivity index (χ0v) is 12.9. The fraction of sp³-hybridized carbons (Fsp3) is 0.429. The monoisotopic (exact) mass is 336 g/mol. The fourth-order valence-corrected chi connectivity index (χ4v) is 2.76. The molecular weight excluding hydrogens is 320 g/mol. The van der Waals surface area contributed by atoms with E-state index in [-0.39, 0.29) is 11.9 Å². The lowest BCUT2D eigenvalue weighted by Crippen LogP contribution is -2.53. The average Bonchev–Trinajstić information content (AvgIpc) is 2.46. The van der Waals surface area contributed by atoms with Gasteiger partial charge < -0.3 is 10.6 Å². The van der Waals surface area contributed by atoms with Crippen LogP contribution in [-0.4, -0.2) is 43.0 Å². The molecule has 0 aromatic heterocycles. The number of rotatable bonds is 3. The van der Waals surface area contributed by atoms with Crippen molar-refractivity contribution < 1.29 is 4.79 Å². The molecule has 0 bridgehead atoms. The van der Waals surface area contributed by atoms with Gasteiger partial charge in [-0.25, -0.2) is 0 Å².